The van der Waals surface area contributed by atoms with Crippen LogP contribution >= 0.6 is 11.8 Å². The Balaban J connectivity index is 1.37. The van der Waals surface area contributed by atoms with E-state index in [0.717, 1.165) is 37.7 Å². The standard InChI is InChI=1S/C16H25N3OS/c20-16(12-21-15-3-1-2-4-15)19-8-5-14(6-9-19)11-18-10-7-17-13-18/h7,10,13-15H,1-6,8-9,11-12H2. The number of carbonyl (C=O) groups is 1. The molecule has 21 heavy (non-hydrogen) atoms. The van der Waals surface area contributed by atoms with E-state index >= 15 is 0 Å². The van der Waals surface area contributed by atoms with Crippen LogP contribution in [0, 0.1) is 5.92 Å². The van der Waals surface area contributed by atoms with Crippen LogP contribution in [0.4, 0.5) is 0 Å². The molecule has 1 aromatic heterocycles. The molecule has 0 bridgehead atoms. The molecule has 116 valence electrons. The molecule has 1 amide bonds. The number of thioether (sulfide) groups is 1. The fourth-order valence-electron chi connectivity index (χ4n) is 3.39. The van der Waals surface area contributed by atoms with Gasteiger partial charge in [-0.2, -0.15) is 0 Å². The van der Waals surface area contributed by atoms with Gasteiger partial charge in [0.15, 0.2) is 0 Å². The van der Waals surface area contributed by atoms with Crippen molar-refractivity contribution in [1.29, 1.82) is 0 Å². The molecule has 1 saturated carbocycles. The van der Waals surface area contributed by atoms with Crippen LogP contribution in [0.1, 0.15) is 38.5 Å². The molecule has 2 aliphatic rings. The summed E-state index contributed by atoms with van der Waals surface area (Å²) in [5, 5.41) is 0.743. The third-order valence-corrected chi connectivity index (χ3v) is 6.10. The third kappa shape index (κ3) is 4.25. The summed E-state index contributed by atoms with van der Waals surface area (Å²) in [6.45, 7) is 2.91. The Kier molecular flexibility index (Phi) is 5.22. The number of imidazole rings is 1. The molecular formula is C16H25N3OS. The Labute approximate surface area is 131 Å². The first-order valence-electron chi connectivity index (χ1n) is 8.16. The number of rotatable bonds is 5. The molecule has 1 aliphatic carbocycles. The molecule has 1 saturated heterocycles. The number of piperidine rings is 1. The second kappa shape index (κ2) is 7.34. The van der Waals surface area contributed by atoms with E-state index in [-0.39, 0.29) is 0 Å². The lowest BCUT2D eigenvalue weighted by Crippen LogP contribution is -2.40. The zero-order valence-corrected chi connectivity index (χ0v) is 13.4. The van der Waals surface area contributed by atoms with Gasteiger partial charge in [0, 0.05) is 37.3 Å². The summed E-state index contributed by atoms with van der Waals surface area (Å²) < 4.78 is 2.15. The van der Waals surface area contributed by atoms with Crippen molar-refractivity contribution in [2.75, 3.05) is 18.8 Å². The molecule has 0 radical (unpaired) electrons. The van der Waals surface area contributed by atoms with Gasteiger partial charge in [0.05, 0.1) is 12.1 Å². The number of nitrogens with zero attached hydrogens (tertiary/aromatic N) is 3. The summed E-state index contributed by atoms with van der Waals surface area (Å²) >= 11 is 1.89. The maximum atomic E-state index is 12.3. The summed E-state index contributed by atoms with van der Waals surface area (Å²) in [5.41, 5.74) is 0. The average molecular weight is 307 g/mol. The van der Waals surface area contributed by atoms with Gasteiger partial charge in [-0.3, -0.25) is 4.79 Å². The van der Waals surface area contributed by atoms with E-state index in [9.17, 15) is 4.79 Å². The molecule has 0 unspecified atom stereocenters. The van der Waals surface area contributed by atoms with Crippen LogP contribution in [0.5, 0.6) is 0 Å². The second-order valence-electron chi connectivity index (χ2n) is 6.30. The van der Waals surface area contributed by atoms with Crippen molar-refractivity contribution in [1.82, 2.24) is 14.5 Å². The zero-order valence-electron chi connectivity index (χ0n) is 12.6. The first kappa shape index (κ1) is 14.9. The van der Waals surface area contributed by atoms with Gasteiger partial charge >= 0.3 is 0 Å². The Bertz CT molecular complexity index is 434. The van der Waals surface area contributed by atoms with Crippen LogP contribution in [-0.2, 0) is 11.3 Å². The Morgan fingerprint density at radius 2 is 1.95 bits per heavy atom. The number of likely N-dealkylation sites (tertiary alicyclic amines) is 1. The topological polar surface area (TPSA) is 38.1 Å². The minimum atomic E-state index is 0.355. The highest BCUT2D eigenvalue weighted by Gasteiger charge is 2.24. The summed E-state index contributed by atoms with van der Waals surface area (Å²) in [5.74, 6) is 1.73. The first-order valence-corrected chi connectivity index (χ1v) is 9.21. The van der Waals surface area contributed by atoms with Gasteiger partial charge in [-0.15, -0.1) is 11.8 Å². The van der Waals surface area contributed by atoms with Gasteiger partial charge in [-0.1, -0.05) is 12.8 Å². The van der Waals surface area contributed by atoms with Gasteiger partial charge in [0.2, 0.25) is 5.91 Å². The highest BCUT2D eigenvalue weighted by Crippen LogP contribution is 2.29. The normalized spacial score (nSPS) is 21.0. The van der Waals surface area contributed by atoms with E-state index in [1.165, 1.54) is 25.7 Å². The van der Waals surface area contributed by atoms with Crippen LogP contribution in [0.2, 0.25) is 0 Å². The Morgan fingerprint density at radius 3 is 2.62 bits per heavy atom. The van der Waals surface area contributed by atoms with Crippen molar-refractivity contribution in [3.8, 4) is 0 Å². The van der Waals surface area contributed by atoms with Gasteiger partial charge in [0.1, 0.15) is 0 Å². The molecule has 1 aromatic rings. The van der Waals surface area contributed by atoms with Crippen molar-refractivity contribution < 1.29 is 4.79 Å². The molecule has 0 atom stereocenters. The van der Waals surface area contributed by atoms with E-state index in [2.05, 4.69) is 14.5 Å². The van der Waals surface area contributed by atoms with Crippen molar-refractivity contribution in [3.63, 3.8) is 0 Å². The highest BCUT2D eigenvalue weighted by molar-refractivity contribution is 8.00. The van der Waals surface area contributed by atoms with Gasteiger partial charge < -0.3 is 9.47 Å². The van der Waals surface area contributed by atoms with E-state index in [4.69, 9.17) is 0 Å². The van der Waals surface area contributed by atoms with E-state index < -0.39 is 0 Å². The first-order chi connectivity index (χ1) is 10.3. The minimum absolute atomic E-state index is 0.355. The summed E-state index contributed by atoms with van der Waals surface area (Å²) in [7, 11) is 0. The van der Waals surface area contributed by atoms with Crippen LogP contribution in [-0.4, -0.2) is 44.5 Å². The molecule has 3 rings (SSSR count). The fraction of sp³-hybridized carbons (Fsp3) is 0.750. The number of carbonyl (C=O) groups excluding carboxylic acids is 1. The predicted molar refractivity (Wildman–Crippen MR) is 86.2 cm³/mol. The van der Waals surface area contributed by atoms with Gasteiger partial charge in [-0.05, 0) is 31.6 Å². The highest BCUT2D eigenvalue weighted by atomic mass is 32.2. The Morgan fingerprint density at radius 1 is 1.19 bits per heavy atom. The second-order valence-corrected chi connectivity index (χ2v) is 7.59. The predicted octanol–water partition coefficient (Wildman–Crippen LogP) is 2.80. The lowest BCUT2D eigenvalue weighted by Gasteiger charge is -2.32. The van der Waals surface area contributed by atoms with E-state index in [1.54, 1.807) is 0 Å². The number of hydrogen-bond acceptors (Lipinski definition) is 3. The smallest absolute Gasteiger partial charge is 0.232 e. The Hall–Kier alpha value is -0.970. The quantitative estimate of drug-likeness (QED) is 0.839. The molecule has 2 heterocycles. The van der Waals surface area contributed by atoms with Crippen molar-refractivity contribution in [2.45, 2.75) is 50.3 Å². The maximum absolute atomic E-state index is 12.3. The average Bonchev–Trinajstić information content (AvgIpc) is 3.19. The van der Waals surface area contributed by atoms with Crippen LogP contribution in [0.25, 0.3) is 0 Å². The van der Waals surface area contributed by atoms with Crippen molar-refractivity contribution in [2.24, 2.45) is 5.92 Å². The molecule has 0 aromatic carbocycles. The van der Waals surface area contributed by atoms with Crippen molar-refractivity contribution in [3.05, 3.63) is 18.7 Å². The van der Waals surface area contributed by atoms with Crippen molar-refractivity contribution >= 4 is 17.7 Å². The maximum Gasteiger partial charge on any atom is 0.232 e. The molecule has 0 spiro atoms. The molecule has 0 N–H and O–H groups in total. The summed E-state index contributed by atoms with van der Waals surface area (Å²) in [6.07, 6.45) is 13.3. The number of amides is 1. The van der Waals surface area contributed by atoms with E-state index in [0.29, 0.717) is 17.6 Å². The fourth-order valence-corrected chi connectivity index (χ4v) is 4.62. The van der Waals surface area contributed by atoms with Gasteiger partial charge in [-0.25, -0.2) is 4.98 Å². The van der Waals surface area contributed by atoms with Crippen LogP contribution in [0.3, 0.4) is 0 Å². The summed E-state index contributed by atoms with van der Waals surface area (Å²) in [4.78, 5) is 18.4. The van der Waals surface area contributed by atoms with Gasteiger partial charge in [0.25, 0.3) is 0 Å². The molecular weight excluding hydrogens is 282 g/mol. The van der Waals surface area contributed by atoms with E-state index in [1.807, 2.05) is 30.5 Å². The number of hydrogen-bond donors (Lipinski definition) is 0. The minimum Gasteiger partial charge on any atom is -0.342 e. The lowest BCUT2D eigenvalue weighted by molar-refractivity contribution is -0.129. The lowest BCUT2D eigenvalue weighted by atomic mass is 9.97. The number of aromatic nitrogens is 2. The SMILES string of the molecule is O=C(CSC1CCCC1)N1CCC(Cn2ccnc2)CC1. The molecule has 2 fully saturated rings. The third-order valence-electron chi connectivity index (χ3n) is 4.74. The molecule has 4 nitrogen and oxygen atoms in total. The molecule has 1 aliphatic heterocycles. The largest absolute Gasteiger partial charge is 0.342 e. The van der Waals surface area contributed by atoms with Crippen LogP contribution < -0.4 is 0 Å². The molecule has 5 heteroatoms. The zero-order chi connectivity index (χ0) is 14.5. The van der Waals surface area contributed by atoms with Crippen LogP contribution in [0.15, 0.2) is 18.7 Å². The summed E-state index contributed by atoms with van der Waals surface area (Å²) in [6, 6.07) is 0. The monoisotopic (exact) mass is 307 g/mol.